The van der Waals surface area contributed by atoms with Crippen molar-refractivity contribution in [1.29, 1.82) is 0 Å². The van der Waals surface area contributed by atoms with E-state index in [0.717, 1.165) is 17.1 Å². The highest BCUT2D eigenvalue weighted by molar-refractivity contribution is 5.81. The van der Waals surface area contributed by atoms with Gasteiger partial charge >= 0.3 is 0 Å². The number of carbonyl (C=O) groups excluding carboxylic acids is 1. The second-order valence-corrected chi connectivity index (χ2v) is 3.98. The largest absolute Gasteiger partial charge is 0.391 e. The lowest BCUT2D eigenvalue weighted by atomic mass is 10.2. The van der Waals surface area contributed by atoms with Gasteiger partial charge in [0.15, 0.2) is 0 Å². The summed E-state index contributed by atoms with van der Waals surface area (Å²) < 4.78 is 1.68. The zero-order valence-electron chi connectivity index (χ0n) is 10.8. The summed E-state index contributed by atoms with van der Waals surface area (Å²) in [6.07, 6.45) is 0. The van der Waals surface area contributed by atoms with Crippen LogP contribution in [-0.2, 0) is 18.4 Å². The van der Waals surface area contributed by atoms with Crippen LogP contribution in [0.1, 0.15) is 18.2 Å². The maximum Gasteiger partial charge on any atom is 0.239 e. The number of aliphatic hydroxyl groups is 1. The molecular formula is C11H20N4O2. The summed E-state index contributed by atoms with van der Waals surface area (Å²) >= 11 is 0. The molecule has 17 heavy (non-hydrogen) atoms. The van der Waals surface area contributed by atoms with Crippen LogP contribution in [0.25, 0.3) is 0 Å². The van der Waals surface area contributed by atoms with E-state index < -0.39 is 0 Å². The Kier molecular flexibility index (Phi) is 4.51. The third-order valence-corrected chi connectivity index (χ3v) is 2.59. The quantitative estimate of drug-likeness (QED) is 0.747. The molecule has 0 saturated carbocycles. The number of hydrogen-bond acceptors (Lipinski definition) is 4. The average Bonchev–Trinajstić information content (AvgIpc) is 2.52. The topological polar surface area (TPSA) is 70.4 Å². The van der Waals surface area contributed by atoms with Gasteiger partial charge in [0.05, 0.1) is 18.8 Å². The Balaban J connectivity index is 2.88. The van der Waals surface area contributed by atoms with E-state index in [1.807, 2.05) is 20.9 Å². The molecule has 1 aromatic heterocycles. The molecule has 0 atom stereocenters. The number of nitrogens with zero attached hydrogens (tertiary/aromatic N) is 3. The molecule has 0 spiro atoms. The van der Waals surface area contributed by atoms with Crippen molar-refractivity contribution in [2.75, 3.05) is 25.0 Å². The van der Waals surface area contributed by atoms with Crippen molar-refractivity contribution in [3.8, 4) is 0 Å². The number of aryl methyl sites for hydroxylation is 2. The number of carbonyl (C=O) groups is 1. The second kappa shape index (κ2) is 5.67. The summed E-state index contributed by atoms with van der Waals surface area (Å²) in [6.45, 7) is 4.51. The van der Waals surface area contributed by atoms with Crippen LogP contribution in [0.5, 0.6) is 0 Å². The van der Waals surface area contributed by atoms with Crippen LogP contribution in [0.15, 0.2) is 0 Å². The second-order valence-electron chi connectivity index (χ2n) is 3.98. The van der Waals surface area contributed by atoms with Gasteiger partial charge in [-0.2, -0.15) is 5.10 Å². The van der Waals surface area contributed by atoms with Gasteiger partial charge in [0.1, 0.15) is 5.82 Å². The van der Waals surface area contributed by atoms with E-state index in [1.54, 1.807) is 16.6 Å². The van der Waals surface area contributed by atoms with Crippen molar-refractivity contribution in [3.05, 3.63) is 11.3 Å². The first kappa shape index (κ1) is 13.5. The molecule has 6 nitrogen and oxygen atoms in total. The van der Waals surface area contributed by atoms with Crippen LogP contribution in [0.2, 0.25) is 0 Å². The molecule has 0 aromatic carbocycles. The Morgan fingerprint density at radius 1 is 1.59 bits per heavy atom. The van der Waals surface area contributed by atoms with Gasteiger partial charge in [0.25, 0.3) is 0 Å². The normalized spacial score (nSPS) is 10.4. The highest BCUT2D eigenvalue weighted by atomic mass is 16.3. The van der Waals surface area contributed by atoms with Gasteiger partial charge in [-0.25, -0.2) is 0 Å². The van der Waals surface area contributed by atoms with Crippen molar-refractivity contribution in [2.45, 2.75) is 20.5 Å². The Morgan fingerprint density at radius 2 is 2.24 bits per heavy atom. The molecule has 0 fully saturated rings. The van der Waals surface area contributed by atoms with Gasteiger partial charge in [-0.1, -0.05) is 0 Å². The van der Waals surface area contributed by atoms with Crippen LogP contribution >= 0.6 is 0 Å². The molecule has 1 heterocycles. The Labute approximate surface area is 101 Å². The standard InChI is InChI=1S/C11H20N4O2/c1-5-12-10(17)6-14(3)11-9(7-16)8(2)13-15(11)4/h16H,5-7H2,1-4H3,(H,12,17). The lowest BCUT2D eigenvalue weighted by molar-refractivity contribution is -0.119. The van der Waals surface area contributed by atoms with E-state index >= 15 is 0 Å². The maximum atomic E-state index is 11.5. The molecule has 2 N–H and O–H groups in total. The summed E-state index contributed by atoms with van der Waals surface area (Å²) in [5.41, 5.74) is 1.55. The molecule has 0 radical (unpaired) electrons. The van der Waals surface area contributed by atoms with Crippen molar-refractivity contribution in [2.24, 2.45) is 7.05 Å². The van der Waals surface area contributed by atoms with Crippen LogP contribution in [0.4, 0.5) is 5.82 Å². The number of anilines is 1. The van der Waals surface area contributed by atoms with E-state index in [1.165, 1.54) is 0 Å². The minimum absolute atomic E-state index is 0.0438. The zero-order valence-corrected chi connectivity index (χ0v) is 10.8. The molecule has 0 saturated heterocycles. The van der Waals surface area contributed by atoms with Crippen molar-refractivity contribution in [1.82, 2.24) is 15.1 Å². The molecule has 1 amide bonds. The SMILES string of the molecule is CCNC(=O)CN(C)c1c(CO)c(C)nn1C. The van der Waals surface area contributed by atoms with Gasteiger partial charge in [-0.3, -0.25) is 9.48 Å². The minimum Gasteiger partial charge on any atom is -0.391 e. The predicted molar refractivity (Wildman–Crippen MR) is 65.8 cm³/mol. The van der Waals surface area contributed by atoms with Crippen molar-refractivity contribution >= 4 is 11.7 Å². The molecule has 1 rings (SSSR count). The smallest absolute Gasteiger partial charge is 0.239 e. The van der Waals surface area contributed by atoms with Crippen LogP contribution < -0.4 is 10.2 Å². The molecule has 0 unspecified atom stereocenters. The molecule has 0 aliphatic carbocycles. The van der Waals surface area contributed by atoms with E-state index in [-0.39, 0.29) is 19.1 Å². The van der Waals surface area contributed by atoms with Crippen LogP contribution in [0, 0.1) is 6.92 Å². The van der Waals surface area contributed by atoms with Gasteiger partial charge in [0, 0.05) is 26.2 Å². The molecule has 1 aromatic rings. The Morgan fingerprint density at radius 3 is 2.76 bits per heavy atom. The van der Waals surface area contributed by atoms with E-state index in [0.29, 0.717) is 6.54 Å². The van der Waals surface area contributed by atoms with E-state index in [9.17, 15) is 9.90 Å². The fourth-order valence-electron chi connectivity index (χ4n) is 1.90. The van der Waals surface area contributed by atoms with E-state index in [2.05, 4.69) is 10.4 Å². The summed E-state index contributed by atoms with van der Waals surface area (Å²) in [4.78, 5) is 13.3. The highest BCUT2D eigenvalue weighted by Crippen LogP contribution is 2.21. The molecular weight excluding hydrogens is 220 g/mol. The Bertz CT molecular complexity index is 400. The van der Waals surface area contributed by atoms with Crippen molar-refractivity contribution < 1.29 is 9.90 Å². The number of hydrogen-bond donors (Lipinski definition) is 2. The first-order valence-corrected chi connectivity index (χ1v) is 5.62. The first-order valence-electron chi connectivity index (χ1n) is 5.62. The van der Waals surface area contributed by atoms with E-state index in [4.69, 9.17) is 0 Å². The highest BCUT2D eigenvalue weighted by Gasteiger charge is 2.17. The maximum absolute atomic E-state index is 11.5. The van der Waals surface area contributed by atoms with Crippen LogP contribution in [-0.4, -0.2) is 40.9 Å². The molecule has 0 bridgehead atoms. The monoisotopic (exact) mass is 240 g/mol. The van der Waals surface area contributed by atoms with Gasteiger partial charge < -0.3 is 15.3 Å². The summed E-state index contributed by atoms with van der Waals surface area (Å²) in [5, 5.41) is 16.3. The van der Waals surface area contributed by atoms with Crippen LogP contribution in [0.3, 0.4) is 0 Å². The minimum atomic E-state index is -0.0747. The summed E-state index contributed by atoms with van der Waals surface area (Å²) in [5.74, 6) is 0.731. The fourth-order valence-corrected chi connectivity index (χ4v) is 1.90. The van der Waals surface area contributed by atoms with Gasteiger partial charge in [-0.05, 0) is 13.8 Å². The summed E-state index contributed by atoms with van der Waals surface area (Å²) in [6, 6.07) is 0. The zero-order chi connectivity index (χ0) is 13.0. The fraction of sp³-hybridized carbons (Fsp3) is 0.636. The molecule has 0 aliphatic rings. The number of aliphatic hydroxyl groups excluding tert-OH is 1. The number of rotatable bonds is 5. The Hall–Kier alpha value is -1.56. The predicted octanol–water partition coefficient (Wildman–Crippen LogP) is -0.207. The number of nitrogens with one attached hydrogen (secondary N) is 1. The van der Waals surface area contributed by atoms with Crippen molar-refractivity contribution in [3.63, 3.8) is 0 Å². The number of amides is 1. The third kappa shape index (κ3) is 2.97. The third-order valence-electron chi connectivity index (χ3n) is 2.59. The lowest BCUT2D eigenvalue weighted by Crippen LogP contribution is -2.36. The van der Waals surface area contributed by atoms with Gasteiger partial charge in [-0.15, -0.1) is 0 Å². The molecule has 96 valence electrons. The number of aromatic nitrogens is 2. The summed E-state index contributed by atoms with van der Waals surface area (Å²) in [7, 11) is 3.61. The van der Waals surface area contributed by atoms with Gasteiger partial charge in [0.2, 0.25) is 5.91 Å². The first-order chi connectivity index (χ1) is 8.01. The molecule has 0 aliphatic heterocycles. The average molecular weight is 240 g/mol. The molecule has 6 heteroatoms. The lowest BCUT2D eigenvalue weighted by Gasteiger charge is -2.19. The number of likely N-dealkylation sites (N-methyl/N-ethyl adjacent to an activating group) is 2.